The first-order valence-corrected chi connectivity index (χ1v) is 6.38. The Hall–Kier alpha value is -1.88. The zero-order chi connectivity index (χ0) is 14.3. The van der Waals surface area contributed by atoms with Crippen LogP contribution in [-0.2, 0) is 11.3 Å². The minimum Gasteiger partial charge on any atom is -0.480 e. The molecule has 0 aliphatic rings. The van der Waals surface area contributed by atoms with E-state index in [0.29, 0.717) is 5.56 Å². The fraction of sp³-hybridized carbons (Fsp3) is 0.429. The number of hydrogen-bond acceptors (Lipinski definition) is 3. The Morgan fingerprint density at radius 1 is 1.16 bits per heavy atom. The van der Waals surface area contributed by atoms with Gasteiger partial charge in [-0.25, -0.2) is 0 Å². The second-order valence-corrected chi connectivity index (χ2v) is 4.23. The lowest BCUT2D eigenvalue weighted by atomic mass is 10.1. The average molecular weight is 264 g/mol. The Labute approximate surface area is 113 Å². The molecule has 0 aliphatic heterocycles. The number of carbonyl (C=O) groups is 2. The highest BCUT2D eigenvalue weighted by Crippen LogP contribution is 2.07. The Kier molecular flexibility index (Phi) is 6.02. The number of benzene rings is 1. The van der Waals surface area contributed by atoms with Gasteiger partial charge in [-0.1, -0.05) is 26.0 Å². The molecule has 0 spiro atoms. The summed E-state index contributed by atoms with van der Waals surface area (Å²) in [6.45, 7) is 6.67. The number of carboxylic acid groups (broad SMARTS) is 1. The highest BCUT2D eigenvalue weighted by atomic mass is 16.4. The van der Waals surface area contributed by atoms with Gasteiger partial charge >= 0.3 is 5.97 Å². The summed E-state index contributed by atoms with van der Waals surface area (Å²) in [6.07, 6.45) is 0. The Balaban J connectivity index is 2.60. The number of carbonyl (C=O) groups excluding carboxylic acids is 1. The summed E-state index contributed by atoms with van der Waals surface area (Å²) in [5.74, 6) is -1.41. The zero-order valence-electron chi connectivity index (χ0n) is 11.3. The first-order valence-electron chi connectivity index (χ1n) is 6.38. The van der Waals surface area contributed by atoms with Crippen LogP contribution in [0.5, 0.6) is 0 Å². The van der Waals surface area contributed by atoms with Gasteiger partial charge in [0.05, 0.1) is 0 Å². The maximum atomic E-state index is 11.6. The van der Waals surface area contributed by atoms with E-state index in [1.807, 2.05) is 12.1 Å². The van der Waals surface area contributed by atoms with Gasteiger partial charge in [-0.05, 0) is 30.8 Å². The van der Waals surface area contributed by atoms with E-state index in [9.17, 15) is 9.59 Å². The molecule has 0 bridgehead atoms. The van der Waals surface area contributed by atoms with Gasteiger partial charge in [-0.15, -0.1) is 0 Å². The van der Waals surface area contributed by atoms with Crippen LogP contribution in [0.4, 0.5) is 0 Å². The molecule has 0 saturated carbocycles. The van der Waals surface area contributed by atoms with Crippen LogP contribution < -0.4 is 5.32 Å². The topological polar surface area (TPSA) is 69.6 Å². The number of rotatable bonds is 7. The van der Waals surface area contributed by atoms with E-state index in [-0.39, 0.29) is 12.5 Å². The smallest absolute Gasteiger partial charge is 0.322 e. The summed E-state index contributed by atoms with van der Waals surface area (Å²) in [5.41, 5.74) is 1.61. The molecular weight excluding hydrogens is 244 g/mol. The number of hydrogen-bond donors (Lipinski definition) is 2. The molecule has 0 radical (unpaired) electrons. The second-order valence-electron chi connectivity index (χ2n) is 4.23. The summed E-state index contributed by atoms with van der Waals surface area (Å²) < 4.78 is 0. The van der Waals surface area contributed by atoms with Gasteiger partial charge in [0.1, 0.15) is 6.54 Å². The summed E-state index contributed by atoms with van der Waals surface area (Å²) in [7, 11) is 0. The number of carboxylic acids is 1. The summed E-state index contributed by atoms with van der Waals surface area (Å²) in [4.78, 5) is 24.2. The maximum Gasteiger partial charge on any atom is 0.322 e. The van der Waals surface area contributed by atoms with Crippen LogP contribution in [0.3, 0.4) is 0 Å². The van der Waals surface area contributed by atoms with E-state index in [4.69, 9.17) is 5.11 Å². The van der Waals surface area contributed by atoms with Crippen LogP contribution in [0.1, 0.15) is 29.8 Å². The quantitative estimate of drug-likeness (QED) is 0.780. The van der Waals surface area contributed by atoms with E-state index in [2.05, 4.69) is 24.1 Å². The van der Waals surface area contributed by atoms with Crippen molar-refractivity contribution >= 4 is 11.9 Å². The molecule has 1 aromatic rings. The fourth-order valence-corrected chi connectivity index (χ4v) is 1.72. The van der Waals surface area contributed by atoms with Gasteiger partial charge in [0.25, 0.3) is 5.91 Å². The standard InChI is InChI=1S/C14H20N2O3/c1-3-16(4-2)10-11-5-7-12(8-6-11)14(19)15-9-13(17)18/h5-8H,3-4,9-10H2,1-2H3,(H,15,19)(H,17,18). The monoisotopic (exact) mass is 264 g/mol. The van der Waals surface area contributed by atoms with Crippen LogP contribution in [0.15, 0.2) is 24.3 Å². The van der Waals surface area contributed by atoms with Crippen LogP contribution in [0.25, 0.3) is 0 Å². The van der Waals surface area contributed by atoms with Crippen LogP contribution in [0.2, 0.25) is 0 Å². The molecule has 1 amide bonds. The third-order valence-corrected chi connectivity index (χ3v) is 2.92. The lowest BCUT2D eigenvalue weighted by Crippen LogP contribution is -2.29. The molecule has 104 valence electrons. The maximum absolute atomic E-state index is 11.6. The van der Waals surface area contributed by atoms with Crippen molar-refractivity contribution in [1.82, 2.24) is 10.2 Å². The summed E-state index contributed by atoms with van der Waals surface area (Å²) in [6, 6.07) is 7.23. The highest BCUT2D eigenvalue weighted by molar-refractivity contribution is 5.95. The van der Waals surface area contributed by atoms with Gasteiger partial charge in [0.2, 0.25) is 0 Å². The Morgan fingerprint density at radius 2 is 1.74 bits per heavy atom. The predicted octanol–water partition coefficient (Wildman–Crippen LogP) is 1.34. The minimum atomic E-state index is -1.05. The van der Waals surface area contributed by atoms with Crippen molar-refractivity contribution in [3.8, 4) is 0 Å². The van der Waals surface area contributed by atoms with E-state index < -0.39 is 5.97 Å². The van der Waals surface area contributed by atoms with Crippen molar-refractivity contribution in [3.63, 3.8) is 0 Å². The second kappa shape index (κ2) is 7.53. The Morgan fingerprint density at radius 3 is 2.21 bits per heavy atom. The molecule has 5 nitrogen and oxygen atoms in total. The minimum absolute atomic E-state index is 0.361. The average Bonchev–Trinajstić information content (AvgIpc) is 2.42. The first-order chi connectivity index (χ1) is 9.06. The van der Waals surface area contributed by atoms with Crippen molar-refractivity contribution in [2.24, 2.45) is 0 Å². The molecule has 0 unspecified atom stereocenters. The molecule has 5 heteroatoms. The third kappa shape index (κ3) is 5.09. The molecule has 0 saturated heterocycles. The van der Waals surface area contributed by atoms with Crippen molar-refractivity contribution in [3.05, 3.63) is 35.4 Å². The molecule has 0 aliphatic carbocycles. The van der Waals surface area contributed by atoms with E-state index in [1.54, 1.807) is 12.1 Å². The van der Waals surface area contributed by atoms with Crippen molar-refractivity contribution < 1.29 is 14.7 Å². The highest BCUT2D eigenvalue weighted by Gasteiger charge is 2.07. The Bertz CT molecular complexity index is 425. The normalized spacial score (nSPS) is 10.5. The molecule has 0 heterocycles. The van der Waals surface area contributed by atoms with Gasteiger partial charge < -0.3 is 10.4 Å². The van der Waals surface area contributed by atoms with Gasteiger partial charge in [-0.2, -0.15) is 0 Å². The third-order valence-electron chi connectivity index (χ3n) is 2.92. The molecule has 2 N–H and O–H groups in total. The number of amides is 1. The SMILES string of the molecule is CCN(CC)Cc1ccc(C(=O)NCC(=O)O)cc1. The summed E-state index contributed by atoms with van der Waals surface area (Å²) in [5, 5.41) is 10.8. The van der Waals surface area contributed by atoms with Crippen LogP contribution in [-0.4, -0.2) is 41.5 Å². The van der Waals surface area contributed by atoms with E-state index >= 15 is 0 Å². The van der Waals surface area contributed by atoms with Crippen molar-refractivity contribution in [1.29, 1.82) is 0 Å². The van der Waals surface area contributed by atoms with Crippen molar-refractivity contribution in [2.45, 2.75) is 20.4 Å². The zero-order valence-corrected chi connectivity index (χ0v) is 11.3. The molecule has 0 aromatic heterocycles. The molecule has 0 atom stereocenters. The lowest BCUT2D eigenvalue weighted by Gasteiger charge is -2.17. The van der Waals surface area contributed by atoms with Crippen molar-refractivity contribution in [2.75, 3.05) is 19.6 Å². The molecular formula is C14H20N2O3. The van der Waals surface area contributed by atoms with E-state index in [0.717, 1.165) is 25.2 Å². The number of nitrogens with one attached hydrogen (secondary N) is 1. The van der Waals surface area contributed by atoms with E-state index in [1.165, 1.54) is 0 Å². The largest absolute Gasteiger partial charge is 0.480 e. The first kappa shape index (κ1) is 15.2. The number of aliphatic carboxylic acids is 1. The molecule has 1 aromatic carbocycles. The predicted molar refractivity (Wildman–Crippen MR) is 73.0 cm³/mol. The van der Waals surface area contributed by atoms with Gasteiger partial charge in [0, 0.05) is 12.1 Å². The van der Waals surface area contributed by atoms with Gasteiger partial charge in [0.15, 0.2) is 0 Å². The molecule has 0 fully saturated rings. The molecule has 1 rings (SSSR count). The van der Waals surface area contributed by atoms with Crippen LogP contribution in [0, 0.1) is 0 Å². The summed E-state index contributed by atoms with van der Waals surface area (Å²) >= 11 is 0. The van der Waals surface area contributed by atoms with Gasteiger partial charge in [-0.3, -0.25) is 14.5 Å². The number of nitrogens with zero attached hydrogens (tertiary/aromatic N) is 1. The lowest BCUT2D eigenvalue weighted by molar-refractivity contribution is -0.135. The fourth-order valence-electron chi connectivity index (χ4n) is 1.72. The van der Waals surface area contributed by atoms with Crippen LogP contribution >= 0.6 is 0 Å². The molecule has 19 heavy (non-hydrogen) atoms.